The van der Waals surface area contributed by atoms with Crippen molar-refractivity contribution in [1.29, 1.82) is 0 Å². The number of hydrazine groups is 1. The number of nitrogens with one attached hydrogen (secondary N) is 1. The number of piperazine rings is 1. The number of H-pyrrole nitrogens is 1. The lowest BCUT2D eigenvalue weighted by atomic mass is 9.98. The number of phosphoric ester groups is 1. The van der Waals surface area contributed by atoms with E-state index in [4.69, 9.17) is 0 Å². The molecule has 2 aliphatic rings. The van der Waals surface area contributed by atoms with Crippen molar-refractivity contribution in [3.63, 3.8) is 0 Å². The number of aromatic amines is 1. The van der Waals surface area contributed by atoms with E-state index in [1.165, 1.54) is 22.6 Å². The van der Waals surface area contributed by atoms with Gasteiger partial charge in [0.2, 0.25) is 17.7 Å². The quantitative estimate of drug-likeness (QED) is 0.0792. The van der Waals surface area contributed by atoms with E-state index in [0.29, 0.717) is 12.0 Å². The van der Waals surface area contributed by atoms with Crippen LogP contribution < -0.4 is 4.52 Å². The average Bonchev–Trinajstić information content (AvgIpc) is 3.65. The van der Waals surface area contributed by atoms with Gasteiger partial charge in [-0.2, -0.15) is 0 Å². The predicted octanol–water partition coefficient (Wildman–Crippen LogP) is 5.30. The number of benzene rings is 3. The van der Waals surface area contributed by atoms with Crippen molar-refractivity contribution < 1.29 is 33.3 Å². The van der Waals surface area contributed by atoms with E-state index in [1.54, 1.807) is 39.3 Å². The number of carbonyl (C=O) groups is 3. The van der Waals surface area contributed by atoms with Crippen LogP contribution in [-0.2, 0) is 38.3 Å². The summed E-state index contributed by atoms with van der Waals surface area (Å²) in [4.78, 5) is 72.4. The standard InChI is InChI=1S/C33H35N6O7P.C7H8S/c1-2-18-37-22-31(41)38-28(19-23-9-12-27(13-10-23)46-47(43,44)45)33(42)36(20-25-7-5-6-24-15-17-35-32(24)25)21-29(38)39(37)30(40)14-11-26-8-3-4-16-34-26;1-6-2-4-7(8)5-3-6/h2-10,12-13,15-17,28-29,35H,1,11,14,18-22H2,(H2,43,44,45);2-5,8H,1H3/t28-,29-;/m0./s1. The summed E-state index contributed by atoms with van der Waals surface area (Å²) < 4.78 is 16.0. The van der Waals surface area contributed by atoms with Crippen molar-refractivity contribution in [1.82, 2.24) is 29.8 Å². The zero-order chi connectivity index (χ0) is 39.1. The van der Waals surface area contributed by atoms with Crippen LogP contribution >= 0.6 is 20.5 Å². The van der Waals surface area contributed by atoms with E-state index in [9.17, 15) is 28.7 Å². The lowest BCUT2D eigenvalue weighted by Crippen LogP contribution is -2.75. The van der Waals surface area contributed by atoms with E-state index in [0.717, 1.165) is 27.1 Å². The molecule has 13 nitrogen and oxygen atoms in total. The number of thiol groups is 1. The van der Waals surface area contributed by atoms with Gasteiger partial charge in [0.05, 0.1) is 18.6 Å². The smallest absolute Gasteiger partial charge is 0.404 e. The van der Waals surface area contributed by atoms with E-state index < -0.39 is 20.0 Å². The normalized spacial score (nSPS) is 17.4. The third-order valence-corrected chi connectivity index (χ3v) is 10.1. The number of phosphoric acid groups is 1. The largest absolute Gasteiger partial charge is 0.524 e. The fourth-order valence-electron chi connectivity index (χ4n) is 6.88. The first-order chi connectivity index (χ1) is 26.4. The van der Waals surface area contributed by atoms with Crippen molar-refractivity contribution in [3.8, 4) is 5.75 Å². The van der Waals surface area contributed by atoms with Crippen molar-refractivity contribution in [2.45, 2.75) is 49.8 Å². The van der Waals surface area contributed by atoms with Gasteiger partial charge in [-0.25, -0.2) is 14.6 Å². The van der Waals surface area contributed by atoms with Gasteiger partial charge in [-0.3, -0.25) is 29.2 Å². The Morgan fingerprint density at radius 1 is 1.04 bits per heavy atom. The van der Waals surface area contributed by atoms with Gasteiger partial charge in [0.15, 0.2) is 0 Å². The van der Waals surface area contributed by atoms with Gasteiger partial charge in [-0.15, -0.1) is 19.2 Å². The fraction of sp³-hybridized carbons (Fsp3) is 0.250. The van der Waals surface area contributed by atoms with Crippen molar-refractivity contribution in [3.05, 3.63) is 138 Å². The van der Waals surface area contributed by atoms with E-state index in [2.05, 4.69) is 40.6 Å². The van der Waals surface area contributed by atoms with Crippen LogP contribution in [0.4, 0.5) is 0 Å². The number of carbonyl (C=O) groups excluding carboxylic acids is 3. The minimum Gasteiger partial charge on any atom is -0.404 e. The Bertz CT molecular complexity index is 2160. The number of hydrogen-bond acceptors (Lipinski definition) is 8. The Morgan fingerprint density at radius 3 is 2.47 bits per heavy atom. The maximum Gasteiger partial charge on any atom is 0.524 e. The molecule has 3 N–H and O–H groups in total. The topological polar surface area (TPSA) is 160 Å². The summed E-state index contributed by atoms with van der Waals surface area (Å²) in [7, 11) is -4.75. The van der Waals surface area contributed by atoms with Crippen LogP contribution in [-0.4, -0.2) is 89.1 Å². The fourth-order valence-corrected chi connectivity index (χ4v) is 7.42. The van der Waals surface area contributed by atoms with E-state index in [-0.39, 0.29) is 62.5 Å². The molecule has 55 heavy (non-hydrogen) atoms. The molecule has 3 aromatic carbocycles. The second-order valence-corrected chi connectivity index (χ2v) is 15.0. The van der Waals surface area contributed by atoms with Crippen LogP contribution in [0.1, 0.15) is 28.8 Å². The first kappa shape index (κ1) is 39.5. The van der Waals surface area contributed by atoms with Crippen LogP contribution in [0.3, 0.4) is 0 Å². The molecule has 0 bridgehead atoms. The summed E-state index contributed by atoms with van der Waals surface area (Å²) in [5, 5.41) is 4.28. The summed E-state index contributed by atoms with van der Waals surface area (Å²) >= 11 is 4.13. The van der Waals surface area contributed by atoms with Crippen molar-refractivity contribution in [2.75, 3.05) is 19.6 Å². The molecule has 15 heteroatoms. The van der Waals surface area contributed by atoms with Crippen LogP contribution in [0.25, 0.3) is 10.9 Å². The number of amides is 3. The van der Waals surface area contributed by atoms with Crippen LogP contribution in [0.2, 0.25) is 0 Å². The highest BCUT2D eigenvalue weighted by molar-refractivity contribution is 7.80. The SMILES string of the molecule is C=CCN1CC(=O)N2[C@@H](Cc3ccc(OP(=O)(O)O)cc3)C(=O)N(Cc3cccc4cc[nH]c34)C[C@@H]2N1C(=O)CCc1ccccn1.Cc1ccc(S)cc1. The highest BCUT2D eigenvalue weighted by Gasteiger charge is 2.51. The van der Waals surface area contributed by atoms with E-state index >= 15 is 0 Å². The van der Waals surface area contributed by atoms with Gasteiger partial charge >= 0.3 is 7.82 Å². The number of para-hydroxylation sites is 1. The van der Waals surface area contributed by atoms with Gasteiger partial charge in [-0.1, -0.05) is 60.2 Å². The number of aryl methyl sites for hydroxylation is 2. The number of rotatable bonds is 11. The molecule has 0 radical (unpaired) electrons. The number of pyridine rings is 1. The summed E-state index contributed by atoms with van der Waals surface area (Å²) in [6, 6.07) is 26.4. The highest BCUT2D eigenvalue weighted by atomic mass is 32.1. The molecule has 2 fully saturated rings. The Kier molecular flexibility index (Phi) is 12.5. The number of aromatic nitrogens is 2. The summed E-state index contributed by atoms with van der Waals surface area (Å²) in [6.45, 7) is 6.38. The van der Waals surface area contributed by atoms with Crippen molar-refractivity contribution in [2.24, 2.45) is 0 Å². The number of nitrogens with zero attached hydrogens (tertiary/aromatic N) is 5. The number of hydrogen-bond donors (Lipinski definition) is 4. The first-order valence-electron chi connectivity index (χ1n) is 17.7. The molecular weight excluding hydrogens is 740 g/mol. The summed E-state index contributed by atoms with van der Waals surface area (Å²) in [6.07, 6.45) is 5.03. The molecule has 0 saturated carbocycles. The predicted molar refractivity (Wildman–Crippen MR) is 211 cm³/mol. The molecule has 7 rings (SSSR count). The molecule has 4 heterocycles. The van der Waals surface area contributed by atoms with Gasteiger partial charge in [0, 0.05) is 48.9 Å². The molecule has 2 saturated heterocycles. The zero-order valence-corrected chi connectivity index (χ0v) is 32.1. The first-order valence-corrected chi connectivity index (χ1v) is 19.7. The minimum absolute atomic E-state index is 0.0330. The molecule has 5 aromatic rings. The monoisotopic (exact) mass is 782 g/mol. The average molecular weight is 783 g/mol. The molecule has 3 amide bonds. The second-order valence-electron chi connectivity index (χ2n) is 13.3. The maximum atomic E-state index is 14.3. The molecule has 286 valence electrons. The van der Waals surface area contributed by atoms with E-state index in [1.807, 2.05) is 72.9 Å². The maximum absolute atomic E-state index is 14.3. The molecule has 2 aliphatic heterocycles. The van der Waals surface area contributed by atoms with Gasteiger partial charge < -0.3 is 19.3 Å². The van der Waals surface area contributed by atoms with Gasteiger partial charge in [-0.05, 0) is 72.3 Å². The minimum atomic E-state index is -4.75. The molecule has 0 aliphatic carbocycles. The van der Waals surface area contributed by atoms with Crippen LogP contribution in [0, 0.1) is 6.92 Å². The molecular formula is C40H43N6O7PS. The Hall–Kier alpha value is -5.24. The molecule has 0 unspecified atom stereocenters. The van der Waals surface area contributed by atoms with Gasteiger partial charge in [0.25, 0.3) is 0 Å². The third kappa shape index (κ3) is 9.90. The zero-order valence-electron chi connectivity index (χ0n) is 30.3. The summed E-state index contributed by atoms with van der Waals surface area (Å²) in [5.74, 6) is -0.809. The van der Waals surface area contributed by atoms with Crippen molar-refractivity contribution >= 4 is 49.1 Å². The van der Waals surface area contributed by atoms with Crippen LogP contribution in [0.15, 0.2) is 121 Å². The van der Waals surface area contributed by atoms with Crippen LogP contribution in [0.5, 0.6) is 5.75 Å². The lowest BCUT2D eigenvalue weighted by molar-refractivity contribution is -0.205. The Labute approximate surface area is 324 Å². The highest BCUT2D eigenvalue weighted by Crippen LogP contribution is 2.38. The Balaban J connectivity index is 0.000000572. The summed E-state index contributed by atoms with van der Waals surface area (Å²) in [5.41, 5.74) is 4.48. The van der Waals surface area contributed by atoms with Gasteiger partial charge in [0.1, 0.15) is 18.0 Å². The number of fused-ring (bicyclic) bond motifs is 2. The molecule has 2 aromatic heterocycles. The Morgan fingerprint density at radius 2 is 1.80 bits per heavy atom. The lowest BCUT2D eigenvalue weighted by Gasteiger charge is -2.55. The molecule has 2 atom stereocenters. The molecule has 0 spiro atoms. The second kappa shape index (κ2) is 17.5. The third-order valence-electron chi connectivity index (χ3n) is 9.39.